The minimum atomic E-state index is -1.54. The Morgan fingerprint density at radius 1 is 0.514 bits per heavy atom. The van der Waals surface area contributed by atoms with Gasteiger partial charge >= 0.3 is 0 Å². The van der Waals surface area contributed by atoms with E-state index in [-0.39, 0.29) is 0 Å². The molecule has 0 saturated carbocycles. The lowest BCUT2D eigenvalue weighted by Crippen LogP contribution is -2.63. The molecule has 0 aliphatic carbocycles. The maximum Gasteiger partial charge on any atom is 0.187 e. The summed E-state index contributed by atoms with van der Waals surface area (Å²) in [6, 6.07) is 0. The van der Waals surface area contributed by atoms with Crippen molar-refractivity contribution >= 4 is 0 Å². The van der Waals surface area contributed by atoms with E-state index in [0.717, 1.165) is 0 Å². The summed E-state index contributed by atoms with van der Waals surface area (Å²) in [5, 5.41) is 81.3. The Morgan fingerprint density at radius 2 is 0.892 bits per heavy atom. The molecule has 15 atom stereocenters. The van der Waals surface area contributed by atoms with Crippen molar-refractivity contribution < 1.29 is 78.7 Å². The summed E-state index contributed by atoms with van der Waals surface area (Å²) in [6.45, 7) is -1.42. The molecule has 3 aliphatic heterocycles. The first-order valence-electron chi connectivity index (χ1n) is 11.7. The summed E-state index contributed by atoms with van der Waals surface area (Å²) in [4.78, 5) is 0. The lowest BCUT2D eigenvalue weighted by Gasteiger charge is -2.44. The van der Waals surface area contributed by atoms with Crippen LogP contribution < -0.4 is 0 Å². The van der Waals surface area contributed by atoms with Crippen LogP contribution in [-0.2, 0) is 37.9 Å². The molecule has 8 N–H and O–H groups in total. The number of aliphatic hydroxyl groups excluding tert-OH is 8. The maximum atomic E-state index is 10.6. The standard InChI is InChI=1S/C21H38O16/c1-30-16-13(26)11(24)8(35-19(16)29)5-33-21-18(32-3)15(28)12(25)9(37-21)6-34-20-17(31-2)14(27)10(23)7(4-22)36-20/h7-29H,4-6H2,1-3H3/t7-,8-,9-,10-,11-,12-,13+,14+,15+,16+,17+,18+,19?,20+,21+/m1/s1. The highest BCUT2D eigenvalue weighted by atomic mass is 16.7. The Morgan fingerprint density at radius 3 is 1.32 bits per heavy atom. The Labute approximate surface area is 212 Å². The first kappa shape index (κ1) is 30.9. The zero-order valence-corrected chi connectivity index (χ0v) is 20.6. The van der Waals surface area contributed by atoms with Crippen molar-refractivity contribution in [2.24, 2.45) is 0 Å². The third kappa shape index (κ3) is 6.58. The number of methoxy groups -OCH3 is 3. The topological polar surface area (TPSA) is 236 Å². The molecule has 16 heteroatoms. The minimum Gasteiger partial charge on any atom is -0.394 e. The van der Waals surface area contributed by atoms with Crippen LogP contribution in [0.15, 0.2) is 0 Å². The normalized spacial score (nSPS) is 49.2. The molecule has 0 radical (unpaired) electrons. The van der Waals surface area contributed by atoms with Gasteiger partial charge in [-0.3, -0.25) is 0 Å². The van der Waals surface area contributed by atoms with Gasteiger partial charge in [-0.1, -0.05) is 0 Å². The zero-order chi connectivity index (χ0) is 27.4. The van der Waals surface area contributed by atoms with E-state index in [9.17, 15) is 40.9 Å². The molecule has 3 saturated heterocycles. The average Bonchev–Trinajstić information content (AvgIpc) is 2.88. The van der Waals surface area contributed by atoms with Crippen LogP contribution in [0.25, 0.3) is 0 Å². The van der Waals surface area contributed by atoms with Gasteiger partial charge in [0.25, 0.3) is 0 Å². The Bertz CT molecular complexity index is 687. The van der Waals surface area contributed by atoms with Crippen LogP contribution in [0.2, 0.25) is 0 Å². The predicted octanol–water partition coefficient (Wildman–Crippen LogP) is -5.61. The third-order valence-electron chi connectivity index (χ3n) is 6.80. The van der Waals surface area contributed by atoms with E-state index < -0.39 is 112 Å². The molecular weight excluding hydrogens is 508 g/mol. The van der Waals surface area contributed by atoms with Gasteiger partial charge < -0.3 is 78.7 Å². The molecule has 0 aromatic carbocycles. The van der Waals surface area contributed by atoms with Crippen LogP contribution in [0, 0.1) is 0 Å². The second kappa shape index (κ2) is 13.6. The molecule has 0 amide bonds. The SMILES string of the molecule is CO[C@@H]1[C@@H](OC[C@H]2O[C@H](OC[C@H]3OC(O)[C@@H](OC)[C@@H](O)[C@@H]3O)[C@@H](OC)[C@@H](O)[C@@H]2O)O[C@H](CO)[C@@H](O)[C@@H]1O. The first-order chi connectivity index (χ1) is 17.6. The minimum absolute atomic E-state index is 0.407. The third-order valence-corrected chi connectivity index (χ3v) is 6.80. The molecule has 3 rings (SSSR count). The molecule has 3 heterocycles. The van der Waals surface area contributed by atoms with Crippen molar-refractivity contribution in [1.29, 1.82) is 0 Å². The van der Waals surface area contributed by atoms with Crippen LogP contribution in [0.4, 0.5) is 0 Å². The Balaban J connectivity index is 1.63. The molecule has 0 aromatic heterocycles. The van der Waals surface area contributed by atoms with Gasteiger partial charge in [-0.05, 0) is 0 Å². The van der Waals surface area contributed by atoms with Crippen LogP contribution in [0.3, 0.4) is 0 Å². The fourth-order valence-electron chi connectivity index (χ4n) is 4.56. The van der Waals surface area contributed by atoms with E-state index in [2.05, 4.69) is 0 Å². The van der Waals surface area contributed by atoms with Crippen LogP contribution in [0.5, 0.6) is 0 Å². The monoisotopic (exact) mass is 546 g/mol. The smallest absolute Gasteiger partial charge is 0.187 e. The molecule has 0 spiro atoms. The van der Waals surface area contributed by atoms with Crippen molar-refractivity contribution in [1.82, 2.24) is 0 Å². The molecule has 3 fully saturated rings. The summed E-state index contributed by atoms with van der Waals surface area (Å²) in [7, 11) is 3.74. The average molecular weight is 547 g/mol. The van der Waals surface area contributed by atoms with Crippen molar-refractivity contribution in [3.8, 4) is 0 Å². The van der Waals surface area contributed by atoms with Crippen molar-refractivity contribution in [2.45, 2.75) is 92.1 Å². The van der Waals surface area contributed by atoms with Gasteiger partial charge in [0.2, 0.25) is 0 Å². The largest absolute Gasteiger partial charge is 0.394 e. The van der Waals surface area contributed by atoms with Crippen molar-refractivity contribution in [3.05, 3.63) is 0 Å². The maximum absolute atomic E-state index is 10.6. The lowest BCUT2D eigenvalue weighted by atomic mass is 9.98. The van der Waals surface area contributed by atoms with E-state index in [1.54, 1.807) is 0 Å². The van der Waals surface area contributed by atoms with E-state index in [0.29, 0.717) is 0 Å². The first-order valence-corrected chi connectivity index (χ1v) is 11.7. The highest BCUT2D eigenvalue weighted by molar-refractivity contribution is 4.93. The fourth-order valence-corrected chi connectivity index (χ4v) is 4.56. The molecular formula is C21H38O16. The summed E-state index contributed by atoms with van der Waals surface area (Å²) in [5.74, 6) is 0. The molecule has 3 aliphatic rings. The van der Waals surface area contributed by atoms with Crippen LogP contribution >= 0.6 is 0 Å². The highest BCUT2D eigenvalue weighted by Gasteiger charge is 2.50. The quantitative estimate of drug-likeness (QED) is 0.127. The summed E-state index contributed by atoms with van der Waals surface area (Å²) in [6.07, 6.45) is -20.0. The molecule has 37 heavy (non-hydrogen) atoms. The Kier molecular flexibility index (Phi) is 11.4. The van der Waals surface area contributed by atoms with Gasteiger partial charge in [0.1, 0.15) is 73.2 Å². The van der Waals surface area contributed by atoms with E-state index in [1.807, 2.05) is 0 Å². The van der Waals surface area contributed by atoms with Gasteiger partial charge in [0.15, 0.2) is 18.9 Å². The van der Waals surface area contributed by atoms with E-state index >= 15 is 0 Å². The molecule has 0 bridgehead atoms. The van der Waals surface area contributed by atoms with E-state index in [1.165, 1.54) is 21.3 Å². The summed E-state index contributed by atoms with van der Waals surface area (Å²) < 4.78 is 43.0. The number of rotatable bonds is 10. The van der Waals surface area contributed by atoms with Gasteiger partial charge in [-0.15, -0.1) is 0 Å². The zero-order valence-electron chi connectivity index (χ0n) is 20.6. The van der Waals surface area contributed by atoms with Crippen molar-refractivity contribution in [3.63, 3.8) is 0 Å². The summed E-state index contributed by atoms with van der Waals surface area (Å²) in [5.41, 5.74) is 0. The summed E-state index contributed by atoms with van der Waals surface area (Å²) >= 11 is 0. The number of ether oxygens (including phenoxy) is 8. The second-order valence-electron chi connectivity index (χ2n) is 9.04. The van der Waals surface area contributed by atoms with Crippen LogP contribution in [0.1, 0.15) is 0 Å². The molecule has 1 unspecified atom stereocenters. The number of hydrogen-bond donors (Lipinski definition) is 8. The van der Waals surface area contributed by atoms with Gasteiger partial charge in [-0.25, -0.2) is 0 Å². The highest BCUT2D eigenvalue weighted by Crippen LogP contribution is 2.29. The van der Waals surface area contributed by atoms with Gasteiger partial charge in [-0.2, -0.15) is 0 Å². The molecule has 16 nitrogen and oxygen atoms in total. The number of hydrogen-bond acceptors (Lipinski definition) is 16. The number of aliphatic hydroxyl groups is 8. The fraction of sp³-hybridized carbons (Fsp3) is 1.00. The molecule has 218 valence electrons. The second-order valence-corrected chi connectivity index (χ2v) is 9.04. The molecule has 0 aromatic rings. The van der Waals surface area contributed by atoms with Crippen LogP contribution in [-0.4, -0.2) is 174 Å². The van der Waals surface area contributed by atoms with Crippen molar-refractivity contribution in [2.75, 3.05) is 41.2 Å². The predicted molar refractivity (Wildman–Crippen MR) is 116 cm³/mol. The van der Waals surface area contributed by atoms with Gasteiger partial charge in [0, 0.05) is 21.3 Å². The van der Waals surface area contributed by atoms with E-state index in [4.69, 9.17) is 37.9 Å². The lowest BCUT2D eigenvalue weighted by molar-refractivity contribution is -0.343. The van der Waals surface area contributed by atoms with Gasteiger partial charge in [0.05, 0.1) is 19.8 Å². The Hall–Kier alpha value is -0.640.